The molecule has 2 heterocycles. The second-order valence-electron chi connectivity index (χ2n) is 6.99. The summed E-state index contributed by atoms with van der Waals surface area (Å²) in [6, 6.07) is 16.7. The Hall–Kier alpha value is -2.97. The number of methoxy groups -OCH3 is 1. The normalized spacial score (nSPS) is 12.2. The highest BCUT2D eigenvalue weighted by atomic mass is 35.5. The van der Waals surface area contributed by atoms with Crippen LogP contribution in [0.1, 0.15) is 17.4 Å². The quantitative estimate of drug-likeness (QED) is 0.305. The fourth-order valence-electron chi connectivity index (χ4n) is 3.18. The third kappa shape index (κ3) is 5.39. The Morgan fingerprint density at radius 1 is 1.13 bits per heavy atom. The highest BCUT2D eigenvalue weighted by Crippen LogP contribution is 2.26. The SMILES string of the molecule is COCCOc1cc(CNC(O)c2ccc(Cl)cc2)cc(-c2cn3ncccc3n2)c1. The number of benzene rings is 2. The molecule has 8 heteroatoms. The van der Waals surface area contributed by atoms with Crippen molar-refractivity contribution in [3.05, 3.63) is 83.1 Å². The van der Waals surface area contributed by atoms with Crippen molar-refractivity contribution in [2.24, 2.45) is 0 Å². The molecule has 4 rings (SSSR count). The number of aromatic nitrogens is 3. The number of ether oxygens (including phenoxy) is 2. The fourth-order valence-corrected chi connectivity index (χ4v) is 3.31. The molecule has 160 valence electrons. The predicted molar refractivity (Wildman–Crippen MR) is 119 cm³/mol. The molecule has 2 aromatic carbocycles. The number of nitrogens with one attached hydrogen (secondary N) is 1. The molecule has 0 aliphatic rings. The van der Waals surface area contributed by atoms with Crippen LogP contribution in [-0.2, 0) is 11.3 Å². The van der Waals surface area contributed by atoms with Crippen LogP contribution in [-0.4, -0.2) is 40.0 Å². The van der Waals surface area contributed by atoms with Gasteiger partial charge in [-0.1, -0.05) is 23.7 Å². The summed E-state index contributed by atoms with van der Waals surface area (Å²) in [4.78, 5) is 4.65. The van der Waals surface area contributed by atoms with E-state index in [2.05, 4.69) is 15.4 Å². The molecular weight excluding hydrogens is 416 g/mol. The van der Waals surface area contributed by atoms with E-state index in [9.17, 15) is 5.11 Å². The van der Waals surface area contributed by atoms with Crippen LogP contribution < -0.4 is 10.1 Å². The third-order valence-electron chi connectivity index (χ3n) is 4.74. The minimum absolute atomic E-state index is 0.434. The largest absolute Gasteiger partial charge is 0.491 e. The molecule has 31 heavy (non-hydrogen) atoms. The van der Waals surface area contributed by atoms with Gasteiger partial charge in [0.1, 0.15) is 18.6 Å². The molecule has 0 bridgehead atoms. The van der Waals surface area contributed by atoms with Gasteiger partial charge in [-0.2, -0.15) is 5.10 Å². The fraction of sp³-hybridized carbons (Fsp3) is 0.217. The van der Waals surface area contributed by atoms with E-state index in [4.69, 9.17) is 21.1 Å². The number of hydrogen-bond acceptors (Lipinski definition) is 6. The van der Waals surface area contributed by atoms with Crippen molar-refractivity contribution in [2.75, 3.05) is 20.3 Å². The first-order chi connectivity index (χ1) is 15.1. The zero-order valence-electron chi connectivity index (χ0n) is 17.0. The lowest BCUT2D eigenvalue weighted by Crippen LogP contribution is -2.20. The lowest BCUT2D eigenvalue weighted by Gasteiger charge is -2.15. The Labute approximate surface area is 185 Å². The summed E-state index contributed by atoms with van der Waals surface area (Å²) >= 11 is 5.93. The molecule has 1 atom stereocenters. The number of aliphatic hydroxyl groups is 1. The predicted octanol–water partition coefficient (Wildman–Crippen LogP) is 3.86. The number of rotatable bonds is 9. The van der Waals surface area contributed by atoms with Crippen LogP contribution >= 0.6 is 11.6 Å². The van der Waals surface area contributed by atoms with Crippen LogP contribution in [0.5, 0.6) is 5.75 Å². The molecule has 0 spiro atoms. The van der Waals surface area contributed by atoms with Crippen LogP contribution in [0.25, 0.3) is 16.9 Å². The van der Waals surface area contributed by atoms with E-state index < -0.39 is 6.23 Å². The number of nitrogens with zero attached hydrogens (tertiary/aromatic N) is 3. The zero-order chi connectivity index (χ0) is 21.6. The van der Waals surface area contributed by atoms with E-state index in [-0.39, 0.29) is 0 Å². The average molecular weight is 439 g/mol. The van der Waals surface area contributed by atoms with E-state index in [1.54, 1.807) is 42.1 Å². The van der Waals surface area contributed by atoms with E-state index in [1.165, 1.54) is 0 Å². The van der Waals surface area contributed by atoms with Crippen LogP contribution in [0.15, 0.2) is 67.0 Å². The first-order valence-electron chi connectivity index (χ1n) is 9.86. The van der Waals surface area contributed by atoms with E-state index in [0.29, 0.717) is 30.5 Å². The highest BCUT2D eigenvalue weighted by molar-refractivity contribution is 6.30. The molecule has 0 aliphatic carbocycles. The van der Waals surface area contributed by atoms with Crippen LogP contribution in [0.2, 0.25) is 5.02 Å². The first kappa shape index (κ1) is 21.3. The molecule has 1 unspecified atom stereocenters. The number of imidazole rings is 1. The Morgan fingerprint density at radius 3 is 2.74 bits per heavy atom. The molecule has 0 radical (unpaired) electrons. The number of halogens is 1. The minimum Gasteiger partial charge on any atom is -0.491 e. The molecule has 4 aromatic rings. The van der Waals surface area contributed by atoms with Gasteiger partial charge in [0, 0.05) is 30.4 Å². The van der Waals surface area contributed by atoms with Gasteiger partial charge in [0.15, 0.2) is 5.65 Å². The van der Waals surface area contributed by atoms with Gasteiger partial charge >= 0.3 is 0 Å². The molecule has 7 nitrogen and oxygen atoms in total. The first-order valence-corrected chi connectivity index (χ1v) is 10.2. The number of aliphatic hydroxyl groups excluding tert-OH is 1. The molecule has 0 aliphatic heterocycles. The van der Waals surface area contributed by atoms with Crippen LogP contribution in [0.4, 0.5) is 0 Å². The van der Waals surface area contributed by atoms with Crippen molar-refractivity contribution in [1.82, 2.24) is 19.9 Å². The van der Waals surface area contributed by atoms with Crippen LogP contribution in [0.3, 0.4) is 0 Å². The summed E-state index contributed by atoms with van der Waals surface area (Å²) in [6.07, 6.45) is 2.78. The summed E-state index contributed by atoms with van der Waals surface area (Å²) in [7, 11) is 1.64. The van der Waals surface area contributed by atoms with Gasteiger partial charge in [-0.25, -0.2) is 9.50 Å². The summed E-state index contributed by atoms with van der Waals surface area (Å²) in [6.45, 7) is 1.36. The van der Waals surface area contributed by atoms with Crippen molar-refractivity contribution in [3.8, 4) is 17.0 Å². The van der Waals surface area contributed by atoms with Crippen molar-refractivity contribution < 1.29 is 14.6 Å². The zero-order valence-corrected chi connectivity index (χ0v) is 17.8. The van der Waals surface area contributed by atoms with Gasteiger partial charge in [0.2, 0.25) is 0 Å². The number of fused-ring (bicyclic) bond motifs is 1. The molecule has 0 amide bonds. The molecule has 0 saturated carbocycles. The van der Waals surface area contributed by atoms with Crippen molar-refractivity contribution >= 4 is 17.2 Å². The highest BCUT2D eigenvalue weighted by Gasteiger charge is 2.11. The third-order valence-corrected chi connectivity index (χ3v) is 4.99. The van der Waals surface area contributed by atoms with Gasteiger partial charge < -0.3 is 14.6 Å². The van der Waals surface area contributed by atoms with Crippen molar-refractivity contribution in [3.63, 3.8) is 0 Å². The summed E-state index contributed by atoms with van der Waals surface area (Å²) < 4.78 is 12.7. The lowest BCUT2D eigenvalue weighted by molar-refractivity contribution is 0.137. The Morgan fingerprint density at radius 2 is 1.97 bits per heavy atom. The number of hydrogen-bond donors (Lipinski definition) is 2. The summed E-state index contributed by atoms with van der Waals surface area (Å²) in [5, 5.41) is 18.5. The Balaban J connectivity index is 1.57. The topological polar surface area (TPSA) is 80.9 Å². The second kappa shape index (κ2) is 9.89. The minimum atomic E-state index is -0.821. The van der Waals surface area contributed by atoms with E-state index in [1.807, 2.05) is 36.5 Å². The maximum atomic E-state index is 10.5. The molecular formula is C23H23ClN4O3. The molecule has 0 fully saturated rings. The lowest BCUT2D eigenvalue weighted by atomic mass is 10.1. The average Bonchev–Trinajstić information content (AvgIpc) is 3.22. The van der Waals surface area contributed by atoms with Gasteiger partial charge in [0.25, 0.3) is 0 Å². The molecule has 0 saturated heterocycles. The van der Waals surface area contributed by atoms with Crippen molar-refractivity contribution in [2.45, 2.75) is 12.8 Å². The maximum absolute atomic E-state index is 10.5. The van der Waals surface area contributed by atoms with E-state index in [0.717, 1.165) is 28.0 Å². The maximum Gasteiger partial charge on any atom is 0.154 e. The summed E-state index contributed by atoms with van der Waals surface area (Å²) in [5.74, 6) is 0.706. The Kier molecular flexibility index (Phi) is 6.79. The monoisotopic (exact) mass is 438 g/mol. The standard InChI is InChI=1S/C23H23ClN4O3/c1-30-9-10-31-20-12-16(14-25-23(29)17-4-6-19(24)7-5-17)11-18(13-20)21-15-28-22(27-21)3-2-8-26-28/h2-8,11-13,15,23,25,29H,9-10,14H2,1H3. The van der Waals surface area contributed by atoms with Gasteiger partial charge in [-0.15, -0.1) is 0 Å². The molecule has 2 aromatic heterocycles. The molecule has 2 N–H and O–H groups in total. The summed E-state index contributed by atoms with van der Waals surface area (Å²) in [5.41, 5.74) is 4.14. The van der Waals surface area contributed by atoms with Gasteiger partial charge in [0.05, 0.1) is 18.5 Å². The van der Waals surface area contributed by atoms with Gasteiger partial charge in [-0.05, 0) is 53.6 Å². The smallest absolute Gasteiger partial charge is 0.154 e. The second-order valence-corrected chi connectivity index (χ2v) is 7.43. The van der Waals surface area contributed by atoms with Crippen LogP contribution in [0, 0.1) is 0 Å². The Bertz CT molecular complexity index is 1110. The van der Waals surface area contributed by atoms with E-state index >= 15 is 0 Å². The van der Waals surface area contributed by atoms with Gasteiger partial charge in [-0.3, -0.25) is 5.32 Å². The van der Waals surface area contributed by atoms with Crippen molar-refractivity contribution in [1.29, 1.82) is 0 Å².